The molecule has 1 heterocycles. The SMILES string of the molecule is Cc1ccc(CC(=O)N2CCC(C(=O)O)C2)cc1C. The minimum atomic E-state index is -0.804. The number of benzene rings is 1. The van der Waals surface area contributed by atoms with Crippen molar-refractivity contribution in [2.75, 3.05) is 13.1 Å². The number of carbonyl (C=O) groups is 2. The second kappa shape index (κ2) is 5.43. The number of hydrogen-bond acceptors (Lipinski definition) is 2. The number of amides is 1. The molecule has 0 aromatic heterocycles. The zero-order chi connectivity index (χ0) is 14.0. The van der Waals surface area contributed by atoms with Crippen molar-refractivity contribution < 1.29 is 14.7 Å². The predicted molar refractivity (Wildman–Crippen MR) is 71.9 cm³/mol. The van der Waals surface area contributed by atoms with Crippen molar-refractivity contribution >= 4 is 11.9 Å². The molecule has 0 saturated carbocycles. The summed E-state index contributed by atoms with van der Waals surface area (Å²) in [4.78, 5) is 24.6. The Bertz CT molecular complexity index is 510. The van der Waals surface area contributed by atoms with Gasteiger partial charge >= 0.3 is 5.97 Å². The summed E-state index contributed by atoms with van der Waals surface area (Å²) >= 11 is 0. The number of aryl methyl sites for hydroxylation is 2. The van der Waals surface area contributed by atoms with Gasteiger partial charge in [-0.3, -0.25) is 9.59 Å². The van der Waals surface area contributed by atoms with Crippen molar-refractivity contribution in [2.45, 2.75) is 26.7 Å². The Kier molecular flexibility index (Phi) is 3.88. The number of carboxylic acid groups (broad SMARTS) is 1. The van der Waals surface area contributed by atoms with Crippen LogP contribution >= 0.6 is 0 Å². The van der Waals surface area contributed by atoms with Gasteiger partial charge in [0.1, 0.15) is 0 Å². The van der Waals surface area contributed by atoms with Crippen molar-refractivity contribution in [3.8, 4) is 0 Å². The molecular formula is C15H19NO3. The average molecular weight is 261 g/mol. The van der Waals surface area contributed by atoms with E-state index in [-0.39, 0.29) is 5.91 Å². The Morgan fingerprint density at radius 3 is 2.63 bits per heavy atom. The van der Waals surface area contributed by atoms with Gasteiger partial charge in [-0.25, -0.2) is 0 Å². The Labute approximate surface area is 113 Å². The molecule has 4 nitrogen and oxygen atoms in total. The monoisotopic (exact) mass is 261 g/mol. The number of carboxylic acids is 1. The second-order valence-electron chi connectivity index (χ2n) is 5.26. The first-order valence-electron chi connectivity index (χ1n) is 6.54. The summed E-state index contributed by atoms with van der Waals surface area (Å²) < 4.78 is 0. The lowest BCUT2D eigenvalue weighted by Gasteiger charge is -2.16. The highest BCUT2D eigenvalue weighted by Gasteiger charge is 2.30. The fraction of sp³-hybridized carbons (Fsp3) is 0.467. The van der Waals surface area contributed by atoms with E-state index in [9.17, 15) is 9.59 Å². The lowest BCUT2D eigenvalue weighted by molar-refractivity contribution is -0.141. The van der Waals surface area contributed by atoms with Crippen LogP contribution in [0.15, 0.2) is 18.2 Å². The molecule has 1 aliphatic rings. The molecule has 1 amide bonds. The molecule has 102 valence electrons. The number of hydrogen-bond donors (Lipinski definition) is 1. The molecule has 19 heavy (non-hydrogen) atoms. The maximum absolute atomic E-state index is 12.1. The lowest BCUT2D eigenvalue weighted by atomic mass is 10.0. The topological polar surface area (TPSA) is 57.6 Å². The van der Waals surface area contributed by atoms with Gasteiger partial charge in [-0.05, 0) is 37.0 Å². The van der Waals surface area contributed by atoms with Gasteiger partial charge in [-0.2, -0.15) is 0 Å². The third kappa shape index (κ3) is 3.13. The molecule has 0 aliphatic carbocycles. The Morgan fingerprint density at radius 1 is 1.32 bits per heavy atom. The van der Waals surface area contributed by atoms with Gasteiger partial charge in [0.25, 0.3) is 0 Å². The number of aliphatic carboxylic acids is 1. The van der Waals surface area contributed by atoms with Crippen LogP contribution in [0.2, 0.25) is 0 Å². The quantitative estimate of drug-likeness (QED) is 0.902. The molecule has 1 aromatic rings. The van der Waals surface area contributed by atoms with Gasteiger partial charge in [-0.1, -0.05) is 18.2 Å². The fourth-order valence-corrected chi connectivity index (χ4v) is 2.39. The first-order chi connectivity index (χ1) is 8.97. The largest absolute Gasteiger partial charge is 0.481 e. The van der Waals surface area contributed by atoms with Crippen molar-refractivity contribution in [1.29, 1.82) is 0 Å². The molecule has 0 radical (unpaired) electrons. The molecule has 1 aromatic carbocycles. The van der Waals surface area contributed by atoms with Gasteiger partial charge in [0.05, 0.1) is 12.3 Å². The van der Waals surface area contributed by atoms with Crippen LogP contribution < -0.4 is 0 Å². The highest BCUT2D eigenvalue weighted by molar-refractivity contribution is 5.80. The van der Waals surface area contributed by atoms with Crippen LogP contribution in [0, 0.1) is 19.8 Å². The van der Waals surface area contributed by atoms with E-state index in [1.54, 1.807) is 4.90 Å². The lowest BCUT2D eigenvalue weighted by Crippen LogP contribution is -2.31. The number of nitrogens with zero attached hydrogens (tertiary/aromatic N) is 1. The summed E-state index contributed by atoms with van der Waals surface area (Å²) in [6.07, 6.45) is 0.918. The van der Waals surface area contributed by atoms with Gasteiger partial charge in [0.2, 0.25) is 5.91 Å². The average Bonchev–Trinajstić information content (AvgIpc) is 2.83. The van der Waals surface area contributed by atoms with Crippen molar-refractivity contribution in [3.05, 3.63) is 34.9 Å². The minimum Gasteiger partial charge on any atom is -0.481 e. The highest BCUT2D eigenvalue weighted by Crippen LogP contribution is 2.18. The van der Waals surface area contributed by atoms with E-state index >= 15 is 0 Å². The van der Waals surface area contributed by atoms with E-state index in [1.165, 1.54) is 11.1 Å². The molecule has 0 spiro atoms. The maximum atomic E-state index is 12.1. The van der Waals surface area contributed by atoms with E-state index in [1.807, 2.05) is 32.0 Å². The highest BCUT2D eigenvalue weighted by atomic mass is 16.4. The van der Waals surface area contributed by atoms with E-state index in [0.717, 1.165) is 5.56 Å². The summed E-state index contributed by atoms with van der Waals surface area (Å²) in [5, 5.41) is 8.93. The van der Waals surface area contributed by atoms with E-state index in [0.29, 0.717) is 25.9 Å². The van der Waals surface area contributed by atoms with Gasteiger partial charge in [0.15, 0.2) is 0 Å². The zero-order valence-electron chi connectivity index (χ0n) is 11.3. The first kappa shape index (κ1) is 13.6. The molecule has 1 aliphatic heterocycles. The molecule has 1 unspecified atom stereocenters. The Morgan fingerprint density at radius 2 is 2.05 bits per heavy atom. The minimum absolute atomic E-state index is 0.0204. The number of likely N-dealkylation sites (tertiary alicyclic amines) is 1. The molecular weight excluding hydrogens is 242 g/mol. The summed E-state index contributed by atoms with van der Waals surface area (Å²) in [6.45, 7) is 4.97. The molecule has 0 bridgehead atoms. The molecule has 1 fully saturated rings. The molecule has 1 atom stereocenters. The normalized spacial score (nSPS) is 18.6. The van der Waals surface area contributed by atoms with Crippen LogP contribution in [-0.2, 0) is 16.0 Å². The summed E-state index contributed by atoms with van der Waals surface area (Å²) in [6, 6.07) is 6.00. The van der Waals surface area contributed by atoms with Gasteiger partial charge in [0, 0.05) is 13.1 Å². The van der Waals surface area contributed by atoms with Crippen LogP contribution in [-0.4, -0.2) is 35.0 Å². The summed E-state index contributed by atoms with van der Waals surface area (Å²) in [5.41, 5.74) is 3.38. The standard InChI is InChI=1S/C15H19NO3/c1-10-3-4-12(7-11(10)2)8-14(17)16-6-5-13(9-16)15(18)19/h3-4,7,13H,5-6,8-9H2,1-2H3,(H,18,19). The van der Waals surface area contributed by atoms with Crippen LogP contribution in [0.4, 0.5) is 0 Å². The van der Waals surface area contributed by atoms with Crippen molar-refractivity contribution in [2.24, 2.45) is 5.92 Å². The first-order valence-corrected chi connectivity index (χ1v) is 6.54. The summed E-state index contributed by atoms with van der Waals surface area (Å²) in [5.74, 6) is -1.18. The van der Waals surface area contributed by atoms with Crippen LogP contribution in [0.3, 0.4) is 0 Å². The van der Waals surface area contributed by atoms with Gasteiger partial charge in [-0.15, -0.1) is 0 Å². The predicted octanol–water partition coefficient (Wildman–Crippen LogP) is 1.78. The third-order valence-electron chi connectivity index (χ3n) is 3.82. The molecule has 4 heteroatoms. The van der Waals surface area contributed by atoms with Crippen molar-refractivity contribution in [3.63, 3.8) is 0 Å². The summed E-state index contributed by atoms with van der Waals surface area (Å²) in [7, 11) is 0. The Balaban J connectivity index is 1.98. The zero-order valence-corrected chi connectivity index (χ0v) is 11.3. The molecule has 2 rings (SSSR count). The van der Waals surface area contributed by atoms with Crippen LogP contribution in [0.1, 0.15) is 23.1 Å². The number of rotatable bonds is 3. The molecule has 1 saturated heterocycles. The number of carbonyl (C=O) groups excluding carboxylic acids is 1. The van der Waals surface area contributed by atoms with E-state index in [2.05, 4.69) is 0 Å². The van der Waals surface area contributed by atoms with E-state index in [4.69, 9.17) is 5.11 Å². The smallest absolute Gasteiger partial charge is 0.308 e. The van der Waals surface area contributed by atoms with E-state index < -0.39 is 11.9 Å². The second-order valence-corrected chi connectivity index (χ2v) is 5.26. The Hall–Kier alpha value is -1.84. The van der Waals surface area contributed by atoms with Crippen LogP contribution in [0.5, 0.6) is 0 Å². The van der Waals surface area contributed by atoms with Crippen LogP contribution in [0.25, 0.3) is 0 Å². The fourth-order valence-electron chi connectivity index (χ4n) is 2.39. The maximum Gasteiger partial charge on any atom is 0.308 e. The third-order valence-corrected chi connectivity index (χ3v) is 3.82. The molecule has 1 N–H and O–H groups in total. The van der Waals surface area contributed by atoms with Gasteiger partial charge < -0.3 is 10.0 Å². The van der Waals surface area contributed by atoms with Crippen molar-refractivity contribution in [1.82, 2.24) is 4.90 Å².